The van der Waals surface area contributed by atoms with Crippen LogP contribution in [0.25, 0.3) is 11.3 Å². The second kappa shape index (κ2) is 8.34. The van der Waals surface area contributed by atoms with E-state index in [9.17, 15) is 0 Å². The standard InChI is InChI=1S/C19H19Cl2N5/c1-3-12(2)23-19-24-16(13-6-5-9-22-11-13)10-17(26-19)25-18-14(20)7-4-8-15(18)21/h4-12H,3H2,1-2H3,(H2,23,24,25,26)/t12-/m1/s1. The first-order valence-electron chi connectivity index (χ1n) is 8.34. The molecule has 0 aliphatic rings. The predicted octanol–water partition coefficient (Wildman–Crippen LogP) is 5.80. The second-order valence-electron chi connectivity index (χ2n) is 5.88. The van der Waals surface area contributed by atoms with E-state index in [-0.39, 0.29) is 6.04 Å². The number of hydrogen-bond acceptors (Lipinski definition) is 5. The lowest BCUT2D eigenvalue weighted by Gasteiger charge is -2.15. The highest BCUT2D eigenvalue weighted by Crippen LogP contribution is 2.33. The van der Waals surface area contributed by atoms with Gasteiger partial charge < -0.3 is 10.6 Å². The third-order valence-corrected chi connectivity index (χ3v) is 4.52. The van der Waals surface area contributed by atoms with E-state index in [1.165, 1.54) is 0 Å². The molecule has 7 heteroatoms. The molecular formula is C19H19Cl2N5. The van der Waals surface area contributed by atoms with Crippen molar-refractivity contribution in [3.05, 3.63) is 58.8 Å². The van der Waals surface area contributed by atoms with Gasteiger partial charge in [0.05, 0.1) is 21.4 Å². The highest BCUT2D eigenvalue weighted by molar-refractivity contribution is 6.39. The molecule has 1 atom stereocenters. The van der Waals surface area contributed by atoms with Gasteiger partial charge in [0.15, 0.2) is 0 Å². The van der Waals surface area contributed by atoms with Gasteiger partial charge in [-0.25, -0.2) is 4.98 Å². The number of nitrogens with one attached hydrogen (secondary N) is 2. The minimum Gasteiger partial charge on any atom is -0.352 e. The fourth-order valence-corrected chi connectivity index (χ4v) is 2.80. The first-order valence-corrected chi connectivity index (χ1v) is 9.09. The molecule has 5 nitrogen and oxygen atoms in total. The van der Waals surface area contributed by atoms with E-state index in [4.69, 9.17) is 23.2 Å². The molecule has 2 heterocycles. The summed E-state index contributed by atoms with van der Waals surface area (Å²) in [6.45, 7) is 4.18. The second-order valence-corrected chi connectivity index (χ2v) is 6.69. The van der Waals surface area contributed by atoms with Gasteiger partial charge in [-0.3, -0.25) is 4.98 Å². The number of aromatic nitrogens is 3. The van der Waals surface area contributed by atoms with Gasteiger partial charge >= 0.3 is 0 Å². The molecule has 3 rings (SSSR count). The normalized spacial score (nSPS) is 11.8. The average Bonchev–Trinajstić information content (AvgIpc) is 2.65. The molecule has 0 spiro atoms. The van der Waals surface area contributed by atoms with Crippen molar-refractivity contribution in [3.8, 4) is 11.3 Å². The van der Waals surface area contributed by atoms with Gasteiger partial charge in [0, 0.05) is 30.1 Å². The van der Waals surface area contributed by atoms with Crippen molar-refractivity contribution < 1.29 is 0 Å². The van der Waals surface area contributed by atoms with Crippen molar-refractivity contribution in [2.75, 3.05) is 10.6 Å². The van der Waals surface area contributed by atoms with Gasteiger partial charge in [-0.15, -0.1) is 0 Å². The first-order chi connectivity index (χ1) is 12.6. The zero-order valence-corrected chi connectivity index (χ0v) is 16.0. The van der Waals surface area contributed by atoms with Gasteiger partial charge in [0.2, 0.25) is 5.95 Å². The third kappa shape index (κ3) is 4.42. The average molecular weight is 388 g/mol. The number of para-hydroxylation sites is 1. The van der Waals surface area contributed by atoms with Gasteiger partial charge in [-0.1, -0.05) is 36.2 Å². The number of anilines is 3. The minimum atomic E-state index is 0.246. The summed E-state index contributed by atoms with van der Waals surface area (Å²) in [5.74, 6) is 1.13. The summed E-state index contributed by atoms with van der Waals surface area (Å²) in [4.78, 5) is 13.3. The maximum absolute atomic E-state index is 6.27. The van der Waals surface area contributed by atoms with Gasteiger partial charge in [-0.05, 0) is 37.6 Å². The predicted molar refractivity (Wildman–Crippen MR) is 108 cm³/mol. The number of rotatable bonds is 6. The number of halogens is 2. The summed E-state index contributed by atoms with van der Waals surface area (Å²) >= 11 is 12.5. The van der Waals surface area contributed by atoms with Crippen LogP contribution in [0.3, 0.4) is 0 Å². The fourth-order valence-electron chi connectivity index (χ4n) is 2.31. The monoisotopic (exact) mass is 387 g/mol. The molecule has 0 bridgehead atoms. The molecule has 3 aromatic rings. The van der Waals surface area contributed by atoms with E-state index >= 15 is 0 Å². The van der Waals surface area contributed by atoms with Crippen LogP contribution in [0.1, 0.15) is 20.3 Å². The Kier molecular flexibility index (Phi) is 5.91. The quantitative estimate of drug-likeness (QED) is 0.559. The molecule has 0 saturated heterocycles. The Labute approximate surface area is 162 Å². The van der Waals surface area contributed by atoms with Gasteiger partial charge in [0.1, 0.15) is 5.82 Å². The van der Waals surface area contributed by atoms with Crippen molar-refractivity contribution in [1.82, 2.24) is 15.0 Å². The van der Waals surface area contributed by atoms with Crippen molar-refractivity contribution in [2.45, 2.75) is 26.3 Å². The highest BCUT2D eigenvalue weighted by atomic mass is 35.5. The molecule has 2 N–H and O–H groups in total. The SMILES string of the molecule is CC[C@@H](C)Nc1nc(Nc2c(Cl)cccc2Cl)cc(-c2cccnc2)n1. The highest BCUT2D eigenvalue weighted by Gasteiger charge is 2.12. The Morgan fingerprint density at radius 2 is 1.85 bits per heavy atom. The number of hydrogen-bond donors (Lipinski definition) is 2. The zero-order valence-electron chi connectivity index (χ0n) is 14.5. The number of benzene rings is 1. The largest absolute Gasteiger partial charge is 0.352 e. The van der Waals surface area contributed by atoms with Crippen LogP contribution in [0.2, 0.25) is 10.0 Å². The summed E-state index contributed by atoms with van der Waals surface area (Å²) in [7, 11) is 0. The van der Waals surface area contributed by atoms with Crippen LogP contribution in [-0.4, -0.2) is 21.0 Å². The molecule has 134 valence electrons. The van der Waals surface area contributed by atoms with Crippen LogP contribution >= 0.6 is 23.2 Å². The van der Waals surface area contributed by atoms with Crippen molar-refractivity contribution in [2.24, 2.45) is 0 Å². The van der Waals surface area contributed by atoms with E-state index in [1.807, 2.05) is 18.2 Å². The van der Waals surface area contributed by atoms with Crippen LogP contribution in [0.4, 0.5) is 17.5 Å². The van der Waals surface area contributed by atoms with Crippen molar-refractivity contribution in [3.63, 3.8) is 0 Å². The Balaban J connectivity index is 2.02. The fraction of sp³-hybridized carbons (Fsp3) is 0.211. The van der Waals surface area contributed by atoms with Crippen molar-refractivity contribution >= 4 is 40.7 Å². The van der Waals surface area contributed by atoms with E-state index < -0.39 is 0 Å². The van der Waals surface area contributed by atoms with Crippen LogP contribution in [0.15, 0.2) is 48.8 Å². The molecule has 0 unspecified atom stereocenters. The van der Waals surface area contributed by atoms with E-state index in [1.54, 1.807) is 30.6 Å². The topological polar surface area (TPSA) is 62.7 Å². The Morgan fingerprint density at radius 3 is 2.50 bits per heavy atom. The molecule has 0 aliphatic carbocycles. The van der Waals surface area contributed by atoms with E-state index in [0.29, 0.717) is 27.5 Å². The Bertz CT molecular complexity index is 866. The van der Waals surface area contributed by atoms with Gasteiger partial charge in [-0.2, -0.15) is 4.98 Å². The lowest BCUT2D eigenvalue weighted by molar-refractivity contribution is 0.753. The van der Waals surface area contributed by atoms with Crippen LogP contribution in [0.5, 0.6) is 0 Å². The van der Waals surface area contributed by atoms with E-state index in [2.05, 4.69) is 39.4 Å². The summed E-state index contributed by atoms with van der Waals surface area (Å²) in [6, 6.07) is 11.3. The summed E-state index contributed by atoms with van der Waals surface area (Å²) in [5.41, 5.74) is 2.26. The summed E-state index contributed by atoms with van der Waals surface area (Å²) in [6.07, 6.45) is 4.45. The lowest BCUT2D eigenvalue weighted by Crippen LogP contribution is -2.16. The lowest BCUT2D eigenvalue weighted by atomic mass is 10.2. The molecule has 0 amide bonds. The Hall–Kier alpha value is -2.37. The van der Waals surface area contributed by atoms with Crippen LogP contribution in [-0.2, 0) is 0 Å². The number of pyridine rings is 1. The molecule has 0 aliphatic heterocycles. The maximum atomic E-state index is 6.27. The molecule has 0 fully saturated rings. The molecule has 1 aromatic carbocycles. The molecule has 2 aromatic heterocycles. The summed E-state index contributed by atoms with van der Waals surface area (Å²) < 4.78 is 0. The van der Waals surface area contributed by atoms with Crippen molar-refractivity contribution in [1.29, 1.82) is 0 Å². The summed E-state index contributed by atoms with van der Waals surface area (Å²) in [5, 5.41) is 7.56. The van der Waals surface area contributed by atoms with Crippen LogP contribution in [0, 0.1) is 0 Å². The molecule has 26 heavy (non-hydrogen) atoms. The maximum Gasteiger partial charge on any atom is 0.225 e. The minimum absolute atomic E-state index is 0.246. The third-order valence-electron chi connectivity index (χ3n) is 3.89. The zero-order chi connectivity index (χ0) is 18.5. The number of nitrogens with zero attached hydrogens (tertiary/aromatic N) is 3. The Morgan fingerprint density at radius 1 is 1.08 bits per heavy atom. The van der Waals surface area contributed by atoms with Gasteiger partial charge in [0.25, 0.3) is 0 Å². The molecule has 0 radical (unpaired) electrons. The molecule has 0 saturated carbocycles. The smallest absolute Gasteiger partial charge is 0.225 e. The molecular weight excluding hydrogens is 369 g/mol. The van der Waals surface area contributed by atoms with Crippen LogP contribution < -0.4 is 10.6 Å². The first kappa shape index (κ1) is 18.4. The van der Waals surface area contributed by atoms with E-state index in [0.717, 1.165) is 17.7 Å².